The molecular formula is C22H30O. The zero-order valence-corrected chi connectivity index (χ0v) is 15.9. The normalized spacial score (nSPS) is 12.3. The van der Waals surface area contributed by atoms with Gasteiger partial charge in [-0.25, -0.2) is 0 Å². The fourth-order valence-corrected chi connectivity index (χ4v) is 2.86. The molecule has 0 aliphatic heterocycles. The zero-order valence-electron chi connectivity index (χ0n) is 15.9. The average molecular weight is 310 g/mol. The van der Waals surface area contributed by atoms with Gasteiger partial charge in [0.25, 0.3) is 0 Å². The molecule has 0 heterocycles. The van der Waals surface area contributed by atoms with Crippen LogP contribution in [0.1, 0.15) is 63.8 Å². The van der Waals surface area contributed by atoms with Crippen LogP contribution in [0.4, 0.5) is 0 Å². The van der Waals surface area contributed by atoms with Crippen molar-refractivity contribution in [2.24, 2.45) is 0 Å². The van der Waals surface area contributed by atoms with E-state index in [9.17, 15) is 0 Å². The lowest BCUT2D eigenvalue weighted by Gasteiger charge is -2.28. The third-order valence-electron chi connectivity index (χ3n) is 4.24. The van der Waals surface area contributed by atoms with E-state index in [1.165, 1.54) is 22.3 Å². The van der Waals surface area contributed by atoms with Gasteiger partial charge in [-0.3, -0.25) is 0 Å². The van der Waals surface area contributed by atoms with Crippen molar-refractivity contribution >= 4 is 0 Å². The van der Waals surface area contributed by atoms with E-state index in [4.69, 9.17) is 4.74 Å². The molecule has 124 valence electrons. The highest BCUT2D eigenvalue weighted by Crippen LogP contribution is 2.41. The minimum Gasteiger partial charge on any atom is -0.456 e. The van der Waals surface area contributed by atoms with Crippen molar-refractivity contribution in [3.05, 3.63) is 58.7 Å². The van der Waals surface area contributed by atoms with Gasteiger partial charge >= 0.3 is 0 Å². The molecule has 0 aromatic heterocycles. The first-order chi connectivity index (χ1) is 10.5. The number of hydrogen-bond acceptors (Lipinski definition) is 1. The molecule has 1 heteroatoms. The maximum atomic E-state index is 6.56. The predicted molar refractivity (Wildman–Crippen MR) is 99.8 cm³/mol. The van der Waals surface area contributed by atoms with Gasteiger partial charge in [-0.2, -0.15) is 0 Å². The van der Waals surface area contributed by atoms with Crippen LogP contribution in [-0.2, 0) is 10.8 Å². The van der Waals surface area contributed by atoms with Gasteiger partial charge in [0, 0.05) is 11.1 Å². The molecule has 0 saturated carbocycles. The van der Waals surface area contributed by atoms with Crippen LogP contribution in [0.25, 0.3) is 0 Å². The SMILES string of the molecule is Cc1cccc(C(C)(C)C)c1Oc1c(C)cccc1C(C)(C)C. The standard InChI is InChI=1S/C22H30O/c1-15-11-9-13-17(21(3,4)5)19(15)23-20-16(2)12-10-14-18(20)22(6,7)8/h9-14H,1-8H3. The summed E-state index contributed by atoms with van der Waals surface area (Å²) in [5.41, 5.74) is 4.96. The van der Waals surface area contributed by atoms with Crippen molar-refractivity contribution in [1.82, 2.24) is 0 Å². The summed E-state index contributed by atoms with van der Waals surface area (Å²) >= 11 is 0. The number of ether oxygens (including phenoxy) is 1. The van der Waals surface area contributed by atoms with Gasteiger partial charge in [0.2, 0.25) is 0 Å². The quantitative estimate of drug-likeness (QED) is 0.600. The summed E-state index contributed by atoms with van der Waals surface area (Å²) in [6, 6.07) is 12.8. The Hall–Kier alpha value is -1.76. The summed E-state index contributed by atoms with van der Waals surface area (Å²) in [7, 11) is 0. The molecule has 0 atom stereocenters. The van der Waals surface area contributed by atoms with E-state index in [0.29, 0.717) is 0 Å². The Labute approximate surface area is 141 Å². The number of aryl methyl sites for hydroxylation is 2. The van der Waals surface area contributed by atoms with Crippen LogP contribution in [-0.4, -0.2) is 0 Å². The van der Waals surface area contributed by atoms with Crippen molar-refractivity contribution in [2.75, 3.05) is 0 Å². The molecule has 0 aliphatic rings. The molecule has 1 nitrogen and oxygen atoms in total. The van der Waals surface area contributed by atoms with Crippen molar-refractivity contribution in [1.29, 1.82) is 0 Å². The third-order valence-corrected chi connectivity index (χ3v) is 4.24. The number of rotatable bonds is 2. The van der Waals surface area contributed by atoms with E-state index >= 15 is 0 Å². The van der Waals surface area contributed by atoms with E-state index in [1.54, 1.807) is 0 Å². The third kappa shape index (κ3) is 3.77. The lowest BCUT2D eigenvalue weighted by atomic mass is 9.84. The van der Waals surface area contributed by atoms with E-state index in [2.05, 4.69) is 91.8 Å². The lowest BCUT2D eigenvalue weighted by molar-refractivity contribution is 0.430. The minimum absolute atomic E-state index is 0.0476. The second-order valence-corrected chi connectivity index (χ2v) is 8.51. The van der Waals surface area contributed by atoms with Crippen LogP contribution < -0.4 is 4.74 Å². The van der Waals surface area contributed by atoms with Gasteiger partial charge in [0.15, 0.2) is 0 Å². The summed E-state index contributed by atoms with van der Waals surface area (Å²) in [5.74, 6) is 2.00. The maximum Gasteiger partial charge on any atom is 0.134 e. The number of hydrogen-bond donors (Lipinski definition) is 0. The van der Waals surface area contributed by atoms with E-state index < -0.39 is 0 Å². The molecule has 0 aliphatic carbocycles. The van der Waals surface area contributed by atoms with Gasteiger partial charge in [-0.15, -0.1) is 0 Å². The monoisotopic (exact) mass is 310 g/mol. The Balaban J connectivity index is 2.62. The summed E-state index contributed by atoms with van der Waals surface area (Å²) in [4.78, 5) is 0. The summed E-state index contributed by atoms with van der Waals surface area (Å²) in [6.07, 6.45) is 0. The first kappa shape index (κ1) is 17.6. The predicted octanol–water partition coefficient (Wildman–Crippen LogP) is 6.69. The molecule has 0 unspecified atom stereocenters. The van der Waals surface area contributed by atoms with Crippen LogP contribution in [0.5, 0.6) is 11.5 Å². The van der Waals surface area contributed by atoms with Gasteiger partial charge in [-0.1, -0.05) is 77.9 Å². The highest BCUT2D eigenvalue weighted by atomic mass is 16.5. The molecule has 2 aromatic carbocycles. The Morgan fingerprint density at radius 1 is 0.609 bits per heavy atom. The molecule has 0 fully saturated rings. The highest BCUT2D eigenvalue weighted by molar-refractivity contribution is 5.51. The lowest BCUT2D eigenvalue weighted by Crippen LogP contribution is -2.16. The molecule has 0 radical (unpaired) electrons. The molecule has 0 amide bonds. The second-order valence-electron chi connectivity index (χ2n) is 8.51. The maximum absolute atomic E-state index is 6.56. The summed E-state index contributed by atoms with van der Waals surface area (Å²) in [6.45, 7) is 17.6. The van der Waals surface area contributed by atoms with E-state index in [1.807, 2.05) is 0 Å². The fourth-order valence-electron chi connectivity index (χ4n) is 2.86. The van der Waals surface area contributed by atoms with Gasteiger partial charge in [-0.05, 0) is 35.8 Å². The van der Waals surface area contributed by atoms with Gasteiger partial charge in [0.05, 0.1) is 0 Å². The molecule has 0 N–H and O–H groups in total. The van der Waals surface area contributed by atoms with Crippen LogP contribution in [0.3, 0.4) is 0 Å². The Kier molecular flexibility index (Phi) is 4.61. The molecule has 2 aromatic rings. The molecule has 0 saturated heterocycles. The molecular weight excluding hydrogens is 280 g/mol. The fraction of sp³-hybridized carbons (Fsp3) is 0.455. The Morgan fingerprint density at radius 3 is 1.26 bits per heavy atom. The van der Waals surface area contributed by atoms with Gasteiger partial charge in [0.1, 0.15) is 11.5 Å². The smallest absolute Gasteiger partial charge is 0.134 e. The molecule has 2 rings (SSSR count). The highest BCUT2D eigenvalue weighted by Gasteiger charge is 2.24. The largest absolute Gasteiger partial charge is 0.456 e. The van der Waals surface area contributed by atoms with Gasteiger partial charge < -0.3 is 4.74 Å². The Bertz CT molecular complexity index is 635. The minimum atomic E-state index is 0.0476. The van der Waals surface area contributed by atoms with Crippen LogP contribution in [0.2, 0.25) is 0 Å². The molecule has 23 heavy (non-hydrogen) atoms. The van der Waals surface area contributed by atoms with E-state index in [-0.39, 0.29) is 10.8 Å². The molecule has 0 spiro atoms. The number of benzene rings is 2. The van der Waals surface area contributed by atoms with E-state index in [0.717, 1.165) is 11.5 Å². The number of para-hydroxylation sites is 2. The molecule has 0 bridgehead atoms. The topological polar surface area (TPSA) is 9.23 Å². The average Bonchev–Trinajstić information content (AvgIpc) is 2.40. The van der Waals surface area contributed by atoms with Crippen molar-refractivity contribution in [3.63, 3.8) is 0 Å². The summed E-state index contributed by atoms with van der Waals surface area (Å²) in [5, 5.41) is 0. The van der Waals surface area contributed by atoms with Crippen LogP contribution in [0, 0.1) is 13.8 Å². The van der Waals surface area contributed by atoms with Crippen molar-refractivity contribution in [2.45, 2.75) is 66.2 Å². The first-order valence-electron chi connectivity index (χ1n) is 8.40. The van der Waals surface area contributed by atoms with Crippen LogP contribution in [0.15, 0.2) is 36.4 Å². The van der Waals surface area contributed by atoms with Crippen LogP contribution >= 0.6 is 0 Å². The van der Waals surface area contributed by atoms with Crippen molar-refractivity contribution in [3.8, 4) is 11.5 Å². The Morgan fingerprint density at radius 2 is 0.957 bits per heavy atom. The first-order valence-corrected chi connectivity index (χ1v) is 8.40. The second kappa shape index (κ2) is 6.03. The van der Waals surface area contributed by atoms with Crippen molar-refractivity contribution < 1.29 is 4.74 Å². The summed E-state index contributed by atoms with van der Waals surface area (Å²) < 4.78 is 6.56. The zero-order chi connectivity index (χ0) is 17.4.